The Morgan fingerprint density at radius 1 is 1.18 bits per heavy atom. The third kappa shape index (κ3) is 5.75. The van der Waals surface area contributed by atoms with Gasteiger partial charge in [-0.1, -0.05) is 12.1 Å². The predicted octanol–water partition coefficient (Wildman–Crippen LogP) is 2.07. The molecule has 0 atom stereocenters. The van der Waals surface area contributed by atoms with Gasteiger partial charge in [-0.2, -0.15) is 5.10 Å². The minimum atomic E-state index is -0.462. The number of nitrogens with zero attached hydrogens (tertiary/aromatic N) is 5. The van der Waals surface area contributed by atoms with Crippen LogP contribution in [0.3, 0.4) is 0 Å². The number of carbonyl (C=O) groups is 2. The van der Waals surface area contributed by atoms with Crippen LogP contribution in [0.1, 0.15) is 45.5 Å². The van der Waals surface area contributed by atoms with Crippen molar-refractivity contribution in [1.29, 1.82) is 0 Å². The Hall–Kier alpha value is -3.73. The number of carbonyl (C=O) groups excluding carboxylic acids is 2. The van der Waals surface area contributed by atoms with E-state index >= 15 is 0 Å². The Labute approximate surface area is 193 Å². The number of rotatable bonds is 6. The average Bonchev–Trinajstić information content (AvgIpc) is 3.35. The number of benzene rings is 1. The van der Waals surface area contributed by atoms with Crippen LogP contribution in [0, 0.1) is 5.82 Å². The van der Waals surface area contributed by atoms with Gasteiger partial charge in [0.1, 0.15) is 17.2 Å². The first-order valence-electron chi connectivity index (χ1n) is 10.4. The third-order valence-electron chi connectivity index (χ3n) is 5.32. The van der Waals surface area contributed by atoms with Gasteiger partial charge in [0.25, 0.3) is 5.91 Å². The number of amidine groups is 1. The van der Waals surface area contributed by atoms with E-state index in [1.54, 1.807) is 17.5 Å². The summed E-state index contributed by atoms with van der Waals surface area (Å²) in [6, 6.07) is 5.99. The summed E-state index contributed by atoms with van der Waals surface area (Å²) in [5.41, 5.74) is 9.60. The van der Waals surface area contributed by atoms with Crippen molar-refractivity contribution < 1.29 is 14.0 Å². The van der Waals surface area contributed by atoms with Gasteiger partial charge in [0.05, 0.1) is 17.6 Å². The Morgan fingerprint density at radius 3 is 2.64 bits per heavy atom. The Balaban J connectivity index is 1.29. The third-order valence-corrected chi connectivity index (χ3v) is 6.33. The van der Waals surface area contributed by atoms with Crippen LogP contribution in [0.5, 0.6) is 0 Å². The first-order valence-corrected chi connectivity index (χ1v) is 11.2. The maximum absolute atomic E-state index is 13.0. The second-order valence-corrected chi connectivity index (χ2v) is 8.45. The number of likely N-dealkylation sites (tertiary alicyclic amines) is 1. The average molecular weight is 468 g/mol. The zero-order chi connectivity index (χ0) is 23.2. The van der Waals surface area contributed by atoms with Gasteiger partial charge in [-0.3, -0.25) is 14.6 Å². The number of thiazole rings is 1. The van der Waals surface area contributed by atoms with Crippen LogP contribution in [-0.4, -0.2) is 50.6 Å². The number of hydrogen-bond donors (Lipinski definition) is 2. The van der Waals surface area contributed by atoms with Crippen LogP contribution in [0.15, 0.2) is 53.3 Å². The number of hydrogen-bond acceptors (Lipinski definition) is 7. The van der Waals surface area contributed by atoms with E-state index in [9.17, 15) is 14.0 Å². The van der Waals surface area contributed by atoms with Crippen molar-refractivity contribution >= 4 is 29.0 Å². The standard InChI is InChI=1S/C22H22FN7O2S/c23-16-3-1-14(2-4-16)11-19(31)30-9-5-15(6-10-30)22-27-18(13-33-22)21(32)29-28-20(24)17-12-25-7-8-26-17/h1-4,7-8,12-13,15H,5-6,9-11H2,(H2,24,28)(H,29,32). The van der Waals surface area contributed by atoms with Crippen molar-refractivity contribution in [3.63, 3.8) is 0 Å². The SMILES string of the molecule is NC(=NNC(=O)c1csc(C2CCN(C(=O)Cc3ccc(F)cc3)CC2)n1)c1cnccn1. The van der Waals surface area contributed by atoms with Crippen LogP contribution in [0.2, 0.25) is 0 Å². The molecule has 3 heterocycles. The van der Waals surface area contributed by atoms with E-state index in [-0.39, 0.29) is 35.6 Å². The van der Waals surface area contributed by atoms with Crippen molar-refractivity contribution in [3.8, 4) is 0 Å². The number of amides is 2. The van der Waals surface area contributed by atoms with Gasteiger partial charge in [0, 0.05) is 36.8 Å². The van der Waals surface area contributed by atoms with E-state index < -0.39 is 5.91 Å². The number of piperidine rings is 1. The molecule has 3 N–H and O–H groups in total. The lowest BCUT2D eigenvalue weighted by molar-refractivity contribution is -0.131. The van der Waals surface area contributed by atoms with Gasteiger partial charge in [-0.05, 0) is 30.5 Å². The highest BCUT2D eigenvalue weighted by Gasteiger charge is 2.26. The molecule has 1 aromatic carbocycles. The molecule has 0 aliphatic carbocycles. The molecular weight excluding hydrogens is 445 g/mol. The normalized spacial score (nSPS) is 14.8. The second kappa shape index (κ2) is 10.3. The van der Waals surface area contributed by atoms with Gasteiger partial charge < -0.3 is 10.6 Å². The van der Waals surface area contributed by atoms with Crippen LogP contribution >= 0.6 is 11.3 Å². The fourth-order valence-corrected chi connectivity index (χ4v) is 4.47. The van der Waals surface area contributed by atoms with E-state index in [4.69, 9.17) is 5.73 Å². The van der Waals surface area contributed by atoms with Crippen molar-refractivity contribution in [2.24, 2.45) is 10.8 Å². The van der Waals surface area contributed by atoms with Crippen molar-refractivity contribution in [2.75, 3.05) is 13.1 Å². The highest BCUT2D eigenvalue weighted by atomic mass is 32.1. The summed E-state index contributed by atoms with van der Waals surface area (Å²) in [6.45, 7) is 1.23. The molecule has 0 radical (unpaired) electrons. The molecule has 0 bridgehead atoms. The van der Waals surface area contributed by atoms with Crippen LogP contribution in [0.25, 0.3) is 0 Å². The predicted molar refractivity (Wildman–Crippen MR) is 121 cm³/mol. The number of halogens is 1. The monoisotopic (exact) mass is 467 g/mol. The molecule has 4 rings (SSSR count). The van der Waals surface area contributed by atoms with E-state index in [0.29, 0.717) is 18.8 Å². The molecule has 3 aromatic rings. The molecule has 2 amide bonds. The first kappa shape index (κ1) is 22.5. The van der Waals surface area contributed by atoms with E-state index in [0.717, 1.165) is 23.4 Å². The van der Waals surface area contributed by atoms with Crippen LogP contribution in [0.4, 0.5) is 4.39 Å². The molecule has 2 aromatic heterocycles. The quantitative estimate of drug-likeness (QED) is 0.325. The maximum atomic E-state index is 13.0. The molecular formula is C22H22FN7O2S. The van der Waals surface area contributed by atoms with E-state index in [2.05, 4.69) is 25.5 Å². The zero-order valence-corrected chi connectivity index (χ0v) is 18.5. The molecule has 9 nitrogen and oxygen atoms in total. The van der Waals surface area contributed by atoms with Crippen LogP contribution in [-0.2, 0) is 11.2 Å². The topological polar surface area (TPSA) is 126 Å². The summed E-state index contributed by atoms with van der Waals surface area (Å²) >= 11 is 1.42. The fraction of sp³-hybridized carbons (Fsp3) is 0.273. The van der Waals surface area contributed by atoms with Gasteiger partial charge in [-0.15, -0.1) is 11.3 Å². The smallest absolute Gasteiger partial charge is 0.290 e. The summed E-state index contributed by atoms with van der Waals surface area (Å²) in [7, 11) is 0. The number of aromatic nitrogens is 3. The lowest BCUT2D eigenvalue weighted by atomic mass is 9.97. The Morgan fingerprint density at radius 2 is 1.94 bits per heavy atom. The zero-order valence-electron chi connectivity index (χ0n) is 17.6. The molecule has 1 aliphatic heterocycles. The highest BCUT2D eigenvalue weighted by Crippen LogP contribution is 2.30. The summed E-state index contributed by atoms with van der Waals surface area (Å²) in [5, 5.41) is 6.40. The minimum absolute atomic E-state index is 0.0258. The van der Waals surface area contributed by atoms with Gasteiger partial charge in [0.15, 0.2) is 5.84 Å². The lowest BCUT2D eigenvalue weighted by Gasteiger charge is -2.31. The molecule has 0 saturated carbocycles. The number of nitrogens with two attached hydrogens (primary N) is 1. The first-order chi connectivity index (χ1) is 16.0. The van der Waals surface area contributed by atoms with Crippen molar-refractivity contribution in [1.82, 2.24) is 25.3 Å². The molecule has 33 heavy (non-hydrogen) atoms. The molecule has 1 aliphatic rings. The largest absolute Gasteiger partial charge is 0.380 e. The summed E-state index contributed by atoms with van der Waals surface area (Å²) < 4.78 is 13.0. The highest BCUT2D eigenvalue weighted by molar-refractivity contribution is 7.09. The van der Waals surface area contributed by atoms with Gasteiger partial charge in [-0.25, -0.2) is 19.8 Å². The minimum Gasteiger partial charge on any atom is -0.380 e. The summed E-state index contributed by atoms with van der Waals surface area (Å²) in [6.07, 6.45) is 6.22. The molecule has 170 valence electrons. The molecule has 0 spiro atoms. The van der Waals surface area contributed by atoms with Gasteiger partial charge in [0.2, 0.25) is 5.91 Å². The van der Waals surface area contributed by atoms with Gasteiger partial charge >= 0.3 is 0 Å². The molecule has 1 saturated heterocycles. The van der Waals surface area contributed by atoms with Crippen molar-refractivity contribution in [3.05, 3.63) is 76.0 Å². The molecule has 11 heteroatoms. The number of nitrogens with one attached hydrogen (secondary N) is 1. The summed E-state index contributed by atoms with van der Waals surface area (Å²) in [4.78, 5) is 39.1. The molecule has 0 unspecified atom stereocenters. The van der Waals surface area contributed by atoms with Crippen molar-refractivity contribution in [2.45, 2.75) is 25.2 Å². The maximum Gasteiger partial charge on any atom is 0.290 e. The van der Waals surface area contributed by atoms with E-state index in [1.807, 2.05) is 4.90 Å². The molecule has 1 fully saturated rings. The van der Waals surface area contributed by atoms with Crippen LogP contribution < -0.4 is 11.2 Å². The Kier molecular flexibility index (Phi) is 6.98. The Bertz CT molecular complexity index is 1140. The lowest BCUT2D eigenvalue weighted by Crippen LogP contribution is -2.38. The fourth-order valence-electron chi connectivity index (χ4n) is 3.50. The number of hydrazone groups is 1. The summed E-state index contributed by atoms with van der Waals surface area (Å²) in [5.74, 6) is -0.525. The second-order valence-electron chi connectivity index (χ2n) is 7.56. The van der Waals surface area contributed by atoms with E-state index in [1.165, 1.54) is 42.1 Å².